The maximum absolute atomic E-state index is 14.3. The van der Waals surface area contributed by atoms with Crippen LogP contribution in [-0.4, -0.2) is 98.2 Å². The molecule has 0 bridgehead atoms. The number of rotatable bonds is 9. The van der Waals surface area contributed by atoms with Crippen LogP contribution in [0.4, 0.5) is 10.1 Å². The van der Waals surface area contributed by atoms with Gasteiger partial charge in [-0.1, -0.05) is 6.92 Å². The predicted molar refractivity (Wildman–Crippen MR) is 177 cm³/mol. The van der Waals surface area contributed by atoms with E-state index in [2.05, 4.69) is 9.71 Å². The van der Waals surface area contributed by atoms with Gasteiger partial charge in [0, 0.05) is 51.6 Å². The second-order valence-electron chi connectivity index (χ2n) is 12.2. The fourth-order valence-corrected chi connectivity index (χ4v) is 7.50. The lowest BCUT2D eigenvalue weighted by Gasteiger charge is -2.35. The molecule has 2 N–H and O–H groups in total. The number of fused-ring (bicyclic) bond motifs is 1. The number of ether oxygens (including phenoxy) is 2. The molecule has 1 aliphatic heterocycles. The smallest absolute Gasteiger partial charge is 0.261 e. The van der Waals surface area contributed by atoms with E-state index in [1.807, 2.05) is 13.8 Å². The number of hydrogen-bond donors (Lipinski definition) is 2. The normalized spacial score (nSPS) is 20.9. The first-order valence-electron chi connectivity index (χ1n) is 15.7. The first-order valence-corrected chi connectivity index (χ1v) is 18.6. The molecular weight excluding hydrogens is 666 g/mol. The summed E-state index contributed by atoms with van der Waals surface area (Å²) in [7, 11) is -4.92. The highest BCUT2D eigenvalue weighted by atomic mass is 32.2. The van der Waals surface area contributed by atoms with Gasteiger partial charge in [0.05, 0.1) is 41.6 Å². The summed E-state index contributed by atoms with van der Waals surface area (Å²) in [5.74, 6) is -1.28. The number of anilines is 1. The van der Waals surface area contributed by atoms with Crippen molar-refractivity contribution in [3.63, 3.8) is 0 Å². The zero-order valence-corrected chi connectivity index (χ0v) is 29.4. The van der Waals surface area contributed by atoms with Gasteiger partial charge in [-0.25, -0.2) is 26.2 Å². The fraction of sp³-hybridized carbons (Fsp3) is 0.500. The molecule has 0 fully saturated rings. The third-order valence-corrected chi connectivity index (χ3v) is 11.3. The number of nitrogens with one attached hydrogen (secondary N) is 1. The van der Waals surface area contributed by atoms with Crippen LogP contribution in [0.2, 0.25) is 0 Å². The van der Waals surface area contributed by atoms with Gasteiger partial charge < -0.3 is 24.0 Å². The topological polar surface area (TPSA) is 160 Å². The Morgan fingerprint density at radius 3 is 2.48 bits per heavy atom. The number of benzene rings is 2. The van der Waals surface area contributed by atoms with Crippen molar-refractivity contribution >= 4 is 31.6 Å². The summed E-state index contributed by atoms with van der Waals surface area (Å²) in [6, 6.07) is 8.05. The number of amides is 1. The van der Waals surface area contributed by atoms with Gasteiger partial charge in [-0.05, 0) is 75.6 Å². The number of sulfonamides is 2. The van der Waals surface area contributed by atoms with E-state index in [0.717, 1.165) is 30.7 Å². The Balaban J connectivity index is 1.68. The molecule has 4 atom stereocenters. The van der Waals surface area contributed by atoms with Crippen LogP contribution < -0.4 is 9.46 Å². The first kappa shape index (κ1) is 37.3. The van der Waals surface area contributed by atoms with Crippen LogP contribution in [0.1, 0.15) is 50.4 Å². The number of carbonyl (C=O) groups is 1. The quantitative estimate of drug-likeness (QED) is 0.339. The molecule has 0 radical (unpaired) electrons. The molecule has 0 aliphatic carbocycles. The molecule has 0 saturated carbocycles. The van der Waals surface area contributed by atoms with Gasteiger partial charge >= 0.3 is 0 Å². The largest absolute Gasteiger partial charge is 0.490 e. The molecule has 1 amide bonds. The van der Waals surface area contributed by atoms with Crippen LogP contribution in [0.3, 0.4) is 0 Å². The molecule has 2 heterocycles. The van der Waals surface area contributed by atoms with Crippen LogP contribution in [0.15, 0.2) is 64.9 Å². The summed E-state index contributed by atoms with van der Waals surface area (Å²) >= 11 is 0. The number of likely N-dealkylation sites (N-methyl/N-ethyl adjacent to an activating group) is 1. The average molecular weight is 710 g/mol. The van der Waals surface area contributed by atoms with Crippen molar-refractivity contribution in [3.8, 4) is 5.75 Å². The predicted octanol–water partition coefficient (Wildman–Crippen LogP) is 3.48. The van der Waals surface area contributed by atoms with Crippen molar-refractivity contribution in [2.75, 3.05) is 38.1 Å². The van der Waals surface area contributed by atoms with E-state index >= 15 is 0 Å². The maximum atomic E-state index is 14.3. The van der Waals surface area contributed by atoms with E-state index in [4.69, 9.17) is 9.47 Å². The zero-order valence-electron chi connectivity index (χ0n) is 27.7. The number of nitrogens with zero attached hydrogens (tertiary/aromatic N) is 4. The van der Waals surface area contributed by atoms with E-state index in [0.29, 0.717) is 19.4 Å². The number of imidazole rings is 1. The van der Waals surface area contributed by atoms with Gasteiger partial charge in [-0.2, -0.15) is 4.31 Å². The molecule has 4 rings (SSSR count). The summed E-state index contributed by atoms with van der Waals surface area (Å²) in [6.07, 6.45) is 3.93. The Hall–Kier alpha value is -3.57. The molecule has 0 spiro atoms. The van der Waals surface area contributed by atoms with Crippen molar-refractivity contribution in [2.24, 2.45) is 13.0 Å². The number of halogens is 1. The number of carbonyl (C=O) groups excluding carboxylic acids is 1. The van der Waals surface area contributed by atoms with Gasteiger partial charge in [0.15, 0.2) is 5.03 Å². The van der Waals surface area contributed by atoms with Crippen LogP contribution in [0.25, 0.3) is 0 Å². The number of hydrogen-bond acceptors (Lipinski definition) is 9. The highest BCUT2D eigenvalue weighted by molar-refractivity contribution is 7.92. The van der Waals surface area contributed by atoms with E-state index in [1.165, 1.54) is 47.0 Å². The first-order chi connectivity index (χ1) is 22.6. The zero-order chi connectivity index (χ0) is 35.2. The Labute approximate surface area is 281 Å². The number of aromatic nitrogens is 2. The molecular formula is C32H44FN5O8S2. The molecule has 3 aromatic rings. The van der Waals surface area contributed by atoms with Crippen molar-refractivity contribution < 1.29 is 40.6 Å². The monoisotopic (exact) mass is 709 g/mol. The van der Waals surface area contributed by atoms with Gasteiger partial charge in [-0.3, -0.25) is 9.52 Å². The van der Waals surface area contributed by atoms with Crippen LogP contribution in [0.5, 0.6) is 5.75 Å². The van der Waals surface area contributed by atoms with Gasteiger partial charge in [0.1, 0.15) is 11.6 Å². The van der Waals surface area contributed by atoms with Crippen LogP contribution in [-0.2, 0) is 31.8 Å². The minimum Gasteiger partial charge on any atom is -0.490 e. The highest BCUT2D eigenvalue weighted by Gasteiger charge is 2.33. The average Bonchev–Trinajstić information content (AvgIpc) is 3.49. The minimum atomic E-state index is -4.13. The Morgan fingerprint density at radius 1 is 1.12 bits per heavy atom. The summed E-state index contributed by atoms with van der Waals surface area (Å²) in [6.45, 7) is 5.42. The van der Waals surface area contributed by atoms with Gasteiger partial charge in [-0.15, -0.1) is 0 Å². The molecule has 2 aromatic carbocycles. The Kier molecular flexibility index (Phi) is 12.2. The molecule has 264 valence electrons. The Morgan fingerprint density at radius 2 is 1.83 bits per heavy atom. The van der Waals surface area contributed by atoms with Gasteiger partial charge in [0.25, 0.3) is 26.0 Å². The van der Waals surface area contributed by atoms with Gasteiger partial charge in [0.2, 0.25) is 0 Å². The third-order valence-electron chi connectivity index (χ3n) is 8.22. The lowest BCUT2D eigenvalue weighted by molar-refractivity contribution is -0.00835. The standard InChI is InChI=1S/C32H44FN5O8S2/c1-22-17-38(23(2)20-39)32(40)28-16-26(35-47(41,42)27-12-9-25(33)10-13-27)11-14-29(28)46-24(3)8-6-7-15-45-30(22)18-37(5)48(43,44)31-19-36(4)21-34-31/h9-14,16,19,21-24,30,35,39H,6-8,15,17-18,20H2,1-5H3/t22-,23-,24-,30+/m1/s1. The van der Waals surface area contributed by atoms with Crippen molar-refractivity contribution in [1.29, 1.82) is 0 Å². The fourth-order valence-electron chi connectivity index (χ4n) is 5.31. The number of aliphatic hydroxyl groups is 1. The second kappa shape index (κ2) is 15.8. The molecule has 1 aromatic heterocycles. The highest BCUT2D eigenvalue weighted by Crippen LogP contribution is 2.30. The summed E-state index contributed by atoms with van der Waals surface area (Å²) in [5, 5.41) is 10.1. The van der Waals surface area contributed by atoms with E-state index in [1.54, 1.807) is 18.5 Å². The molecule has 13 nitrogen and oxygen atoms in total. The maximum Gasteiger partial charge on any atom is 0.261 e. The minimum absolute atomic E-state index is 0.0129. The summed E-state index contributed by atoms with van der Waals surface area (Å²) < 4.78 is 83.8. The molecule has 0 saturated heterocycles. The summed E-state index contributed by atoms with van der Waals surface area (Å²) in [5.41, 5.74) is 0.147. The molecule has 1 aliphatic rings. The second-order valence-corrected chi connectivity index (χ2v) is 15.9. The summed E-state index contributed by atoms with van der Waals surface area (Å²) in [4.78, 5) is 19.6. The lowest BCUT2D eigenvalue weighted by atomic mass is 10.0. The number of aliphatic hydroxyl groups excluding tert-OH is 1. The molecule has 16 heteroatoms. The van der Waals surface area contributed by atoms with Crippen molar-refractivity contribution in [3.05, 3.63) is 66.4 Å². The third kappa shape index (κ3) is 9.11. The number of aryl methyl sites for hydroxylation is 1. The van der Waals surface area contributed by atoms with Crippen molar-refractivity contribution in [1.82, 2.24) is 18.8 Å². The lowest BCUT2D eigenvalue weighted by Crippen LogP contribution is -2.48. The van der Waals surface area contributed by atoms with Crippen LogP contribution >= 0.6 is 0 Å². The van der Waals surface area contributed by atoms with E-state index in [-0.39, 0.29) is 52.7 Å². The Bertz CT molecular complexity index is 1770. The van der Waals surface area contributed by atoms with Crippen LogP contribution in [0, 0.1) is 11.7 Å². The van der Waals surface area contributed by atoms with Crippen molar-refractivity contribution in [2.45, 2.75) is 68.2 Å². The van der Waals surface area contributed by atoms with E-state index in [9.17, 15) is 31.1 Å². The SMILES string of the molecule is C[C@@H]1CCCCO[C@@H](CN(C)S(=O)(=O)c2cn(C)cn2)[C@H](C)CN([C@H](C)CO)C(=O)c2cc(NS(=O)(=O)c3ccc(F)cc3)ccc2O1. The molecule has 0 unspecified atom stereocenters. The van der Waals surface area contributed by atoms with E-state index < -0.39 is 49.8 Å². The molecule has 48 heavy (non-hydrogen) atoms.